The molecule has 0 amide bonds. The van der Waals surface area contributed by atoms with Crippen LogP contribution in [0.4, 0.5) is 18.9 Å². The van der Waals surface area contributed by atoms with Crippen molar-refractivity contribution < 1.29 is 23.2 Å². The van der Waals surface area contributed by atoms with E-state index in [4.69, 9.17) is 5.21 Å². The first-order chi connectivity index (χ1) is 10.3. The largest absolute Gasteiger partial charge is 0.733 e. The molecule has 2 aromatic carbocycles. The minimum Gasteiger partial charge on any atom is -0.733 e. The zero-order valence-corrected chi connectivity index (χ0v) is 11.2. The molecule has 0 radical (unpaired) electrons. The molecule has 0 atom stereocenters. The molecule has 2 rings (SSSR count). The molecule has 0 aliphatic heterocycles. The average Bonchev–Trinajstić information content (AvgIpc) is 2.47. The van der Waals surface area contributed by atoms with Crippen LogP contribution in [0.15, 0.2) is 48.5 Å². The number of halogens is 3. The third-order valence-electron chi connectivity index (χ3n) is 3.07. The molecule has 0 spiro atoms. The van der Waals surface area contributed by atoms with Crippen LogP contribution in [-0.4, -0.2) is 11.0 Å². The summed E-state index contributed by atoms with van der Waals surface area (Å²) in [5, 5.41) is 19.4. The van der Waals surface area contributed by atoms with Crippen LogP contribution in [0, 0.1) is 5.21 Å². The van der Waals surface area contributed by atoms with Gasteiger partial charge in [0.25, 0.3) is 0 Å². The maximum absolute atomic E-state index is 12.6. The molecule has 0 heterocycles. The predicted molar refractivity (Wildman–Crippen MR) is 73.6 cm³/mol. The monoisotopic (exact) mass is 310 g/mol. The second kappa shape index (κ2) is 6.17. The lowest BCUT2D eigenvalue weighted by molar-refractivity contribution is -0.137. The molecule has 2 aromatic rings. The van der Waals surface area contributed by atoms with Crippen molar-refractivity contribution in [3.8, 4) is 0 Å². The summed E-state index contributed by atoms with van der Waals surface area (Å²) in [5.74, 6) is -0.372. The number of alkyl halides is 3. The fourth-order valence-electron chi connectivity index (χ4n) is 1.97. The van der Waals surface area contributed by atoms with Gasteiger partial charge in [0.2, 0.25) is 0 Å². The van der Waals surface area contributed by atoms with Crippen molar-refractivity contribution >= 4 is 11.5 Å². The normalized spacial score (nSPS) is 11.3. The molecule has 0 saturated carbocycles. The minimum absolute atomic E-state index is 0.0133. The molecule has 0 saturated heterocycles. The highest BCUT2D eigenvalue weighted by molar-refractivity contribution is 5.98. The van der Waals surface area contributed by atoms with Gasteiger partial charge in [-0.2, -0.15) is 13.2 Å². The topological polar surface area (TPSA) is 63.6 Å². The Hall–Kier alpha value is -2.38. The molecule has 0 aliphatic rings. The number of carbonyl (C=O) groups excluding carboxylic acids is 1. The van der Waals surface area contributed by atoms with E-state index in [1.807, 2.05) is 0 Å². The van der Waals surface area contributed by atoms with Gasteiger partial charge in [-0.1, -0.05) is 36.4 Å². The van der Waals surface area contributed by atoms with E-state index in [9.17, 15) is 23.2 Å². The Morgan fingerprint density at radius 3 is 2.32 bits per heavy atom. The summed E-state index contributed by atoms with van der Waals surface area (Å²) >= 11 is 0. The standard InChI is InChI=1S/C15H11F3NO3/c16-15(17,18)12-7-6-11(13(9-12)19(21)22)8-14(20)10-4-2-1-3-5-10/h1-7,9,21H,8H2/q-1. The summed E-state index contributed by atoms with van der Waals surface area (Å²) in [5.41, 5.74) is -1.30. The van der Waals surface area contributed by atoms with Gasteiger partial charge in [0.1, 0.15) is 0 Å². The Balaban J connectivity index is 2.33. The van der Waals surface area contributed by atoms with Crippen LogP contribution in [0.25, 0.3) is 0 Å². The molecule has 0 aromatic heterocycles. The van der Waals surface area contributed by atoms with Crippen molar-refractivity contribution in [1.29, 1.82) is 0 Å². The highest BCUT2D eigenvalue weighted by Crippen LogP contribution is 2.33. The number of anilines is 1. The summed E-state index contributed by atoms with van der Waals surface area (Å²) in [6, 6.07) is 10.4. The molecule has 116 valence electrons. The third kappa shape index (κ3) is 3.63. The Kier molecular flexibility index (Phi) is 4.48. The first kappa shape index (κ1) is 16.0. The second-order valence-electron chi connectivity index (χ2n) is 4.58. The molecule has 0 fully saturated rings. The summed E-state index contributed by atoms with van der Waals surface area (Å²) in [6.45, 7) is 0. The molecule has 22 heavy (non-hydrogen) atoms. The Morgan fingerprint density at radius 1 is 1.14 bits per heavy atom. The fourth-order valence-corrected chi connectivity index (χ4v) is 1.97. The van der Waals surface area contributed by atoms with E-state index < -0.39 is 22.7 Å². The lowest BCUT2D eigenvalue weighted by Gasteiger charge is -2.25. The van der Waals surface area contributed by atoms with Crippen molar-refractivity contribution in [2.45, 2.75) is 12.6 Å². The third-order valence-corrected chi connectivity index (χ3v) is 3.07. The van der Waals surface area contributed by atoms with Crippen LogP contribution in [0.1, 0.15) is 21.5 Å². The van der Waals surface area contributed by atoms with Gasteiger partial charge in [-0.05, 0) is 17.7 Å². The van der Waals surface area contributed by atoms with Gasteiger partial charge in [0, 0.05) is 12.0 Å². The van der Waals surface area contributed by atoms with E-state index in [-0.39, 0.29) is 17.8 Å². The smallest absolute Gasteiger partial charge is 0.416 e. The Morgan fingerprint density at radius 2 is 1.77 bits per heavy atom. The van der Waals surface area contributed by atoms with Crippen LogP contribution in [-0.2, 0) is 12.6 Å². The molecular formula is C15H11F3NO3-. The molecule has 0 aliphatic carbocycles. The molecule has 4 nitrogen and oxygen atoms in total. The Labute approximate surface area is 123 Å². The quantitative estimate of drug-likeness (QED) is 0.688. The zero-order valence-electron chi connectivity index (χ0n) is 11.2. The number of hydrogen-bond acceptors (Lipinski definition) is 4. The highest BCUT2D eigenvalue weighted by Gasteiger charge is 2.31. The van der Waals surface area contributed by atoms with Gasteiger partial charge in [0.15, 0.2) is 5.78 Å². The van der Waals surface area contributed by atoms with Gasteiger partial charge >= 0.3 is 6.18 Å². The minimum atomic E-state index is -4.65. The highest BCUT2D eigenvalue weighted by atomic mass is 19.4. The number of carbonyl (C=O) groups is 1. The number of benzene rings is 2. The average molecular weight is 310 g/mol. The molecular weight excluding hydrogens is 299 g/mol. The van der Waals surface area contributed by atoms with E-state index in [0.29, 0.717) is 11.6 Å². The van der Waals surface area contributed by atoms with E-state index in [0.717, 1.165) is 12.1 Å². The summed E-state index contributed by atoms with van der Waals surface area (Å²) in [6.07, 6.45) is -4.94. The van der Waals surface area contributed by atoms with Gasteiger partial charge < -0.3 is 10.4 Å². The van der Waals surface area contributed by atoms with Crippen LogP contribution >= 0.6 is 0 Å². The number of hydrogen-bond donors (Lipinski definition) is 1. The van der Waals surface area contributed by atoms with E-state index >= 15 is 0 Å². The predicted octanol–water partition coefficient (Wildman–Crippen LogP) is 3.82. The zero-order chi connectivity index (χ0) is 16.3. The van der Waals surface area contributed by atoms with Crippen LogP contribution in [0.2, 0.25) is 0 Å². The lowest BCUT2D eigenvalue weighted by atomic mass is 10.00. The van der Waals surface area contributed by atoms with Crippen molar-refractivity contribution in [3.05, 3.63) is 70.4 Å². The van der Waals surface area contributed by atoms with Crippen molar-refractivity contribution in [1.82, 2.24) is 0 Å². The Bertz CT molecular complexity index is 669. The number of ketones is 1. The second-order valence-corrected chi connectivity index (χ2v) is 4.58. The summed E-state index contributed by atoms with van der Waals surface area (Å²) in [7, 11) is 0. The summed E-state index contributed by atoms with van der Waals surface area (Å²) < 4.78 is 37.9. The van der Waals surface area contributed by atoms with Crippen LogP contribution in [0.3, 0.4) is 0 Å². The van der Waals surface area contributed by atoms with Crippen LogP contribution in [0.5, 0.6) is 0 Å². The van der Waals surface area contributed by atoms with Gasteiger partial charge in [0.05, 0.1) is 11.3 Å². The van der Waals surface area contributed by atoms with Crippen molar-refractivity contribution in [3.63, 3.8) is 0 Å². The number of Topliss-reactive ketones (excluding diaryl/α,β-unsaturated/α-hetero) is 1. The van der Waals surface area contributed by atoms with Crippen molar-refractivity contribution in [2.24, 2.45) is 0 Å². The molecule has 0 bridgehead atoms. The number of nitrogens with zero attached hydrogens (tertiary/aromatic N) is 1. The van der Waals surface area contributed by atoms with E-state index in [1.54, 1.807) is 30.3 Å². The molecule has 0 unspecified atom stereocenters. The number of rotatable bonds is 4. The van der Waals surface area contributed by atoms with Gasteiger partial charge in [-0.25, -0.2) is 0 Å². The summed E-state index contributed by atoms with van der Waals surface area (Å²) in [4.78, 5) is 12.0. The first-order valence-corrected chi connectivity index (χ1v) is 6.23. The van der Waals surface area contributed by atoms with Crippen LogP contribution < -0.4 is 5.23 Å². The lowest BCUT2D eigenvalue weighted by Crippen LogP contribution is -2.15. The van der Waals surface area contributed by atoms with E-state index in [2.05, 4.69) is 0 Å². The maximum atomic E-state index is 12.6. The first-order valence-electron chi connectivity index (χ1n) is 6.23. The SMILES string of the molecule is O=C(Cc1ccc(C(F)(F)F)cc1N([O-])O)c1ccccc1. The molecule has 1 N–H and O–H groups in total. The van der Waals surface area contributed by atoms with Crippen molar-refractivity contribution in [2.75, 3.05) is 5.23 Å². The fraction of sp³-hybridized carbons (Fsp3) is 0.133. The maximum Gasteiger partial charge on any atom is 0.416 e. The molecule has 7 heteroatoms. The van der Waals surface area contributed by atoms with Gasteiger partial charge in [-0.3, -0.25) is 10.0 Å². The van der Waals surface area contributed by atoms with Gasteiger partial charge in [-0.15, -0.1) is 0 Å². The van der Waals surface area contributed by atoms with E-state index in [1.165, 1.54) is 0 Å².